The van der Waals surface area contributed by atoms with E-state index in [0.29, 0.717) is 0 Å². The van der Waals surface area contributed by atoms with Gasteiger partial charge in [-0.2, -0.15) is 8.42 Å². The monoisotopic (exact) mass is 223 g/mol. The molecule has 0 saturated carbocycles. The van der Waals surface area contributed by atoms with Crippen LogP contribution >= 0.6 is 0 Å². The molecule has 0 aromatic heterocycles. The Hall–Kier alpha value is 0.640. The molecule has 0 saturated heterocycles. The first-order chi connectivity index (χ1) is 4.92. The number of carbonyl (C=O) groups is 1. The fraction of sp³-hybridized carbons (Fsp3) is 0.800. The van der Waals surface area contributed by atoms with E-state index in [9.17, 15) is 13.2 Å². The Morgan fingerprint density at radius 1 is 1.50 bits per heavy atom. The van der Waals surface area contributed by atoms with E-state index in [4.69, 9.17) is 4.55 Å². The standard InChI is InChI=1S/C5H11NO4S.Ca.2H/c1-5(7)6-3-2-4-11(8,9)10;;;/h2-4H2,1H3,(H,6,7)(H,8,9,10);;;. The van der Waals surface area contributed by atoms with Crippen LogP contribution in [0.1, 0.15) is 13.3 Å². The van der Waals surface area contributed by atoms with E-state index in [-0.39, 0.29) is 62.4 Å². The van der Waals surface area contributed by atoms with Gasteiger partial charge in [-0.05, 0) is 6.42 Å². The Balaban J connectivity index is 0. The Morgan fingerprint density at radius 3 is 2.33 bits per heavy atom. The summed E-state index contributed by atoms with van der Waals surface area (Å²) in [5.74, 6) is -0.520. The SMILES string of the molecule is CC(=O)NCCCS(=O)(=O)O.[CaH2]. The van der Waals surface area contributed by atoms with Crippen LogP contribution in [0.25, 0.3) is 0 Å². The van der Waals surface area contributed by atoms with Crippen molar-refractivity contribution in [2.45, 2.75) is 13.3 Å². The van der Waals surface area contributed by atoms with E-state index >= 15 is 0 Å². The zero-order valence-corrected chi connectivity index (χ0v) is 7.02. The van der Waals surface area contributed by atoms with Gasteiger partial charge in [-0.3, -0.25) is 9.35 Å². The predicted molar refractivity (Wildman–Crippen MR) is 48.3 cm³/mol. The Kier molecular flexibility index (Phi) is 8.93. The first kappa shape index (κ1) is 15.1. The van der Waals surface area contributed by atoms with Crippen molar-refractivity contribution in [1.82, 2.24) is 5.32 Å². The summed E-state index contributed by atoms with van der Waals surface area (Å²) >= 11 is 0. The molecule has 0 aromatic rings. The Bertz CT molecular complexity index is 226. The number of nitrogens with one attached hydrogen (secondary N) is 1. The van der Waals surface area contributed by atoms with Gasteiger partial charge in [0.05, 0.1) is 5.75 Å². The van der Waals surface area contributed by atoms with Gasteiger partial charge in [0, 0.05) is 13.5 Å². The molecular weight excluding hydrogens is 210 g/mol. The zero-order valence-electron chi connectivity index (χ0n) is 6.20. The molecule has 0 aliphatic heterocycles. The van der Waals surface area contributed by atoms with Crippen molar-refractivity contribution in [2.24, 2.45) is 0 Å². The topological polar surface area (TPSA) is 83.5 Å². The zero-order chi connectivity index (χ0) is 8.91. The third-order valence-electron chi connectivity index (χ3n) is 0.953. The first-order valence-electron chi connectivity index (χ1n) is 3.11. The average Bonchev–Trinajstić information content (AvgIpc) is 1.78. The molecule has 1 amide bonds. The molecule has 5 nitrogen and oxygen atoms in total. The van der Waals surface area contributed by atoms with Crippen molar-refractivity contribution in [3.05, 3.63) is 0 Å². The van der Waals surface area contributed by atoms with E-state index in [1.807, 2.05) is 0 Å². The summed E-state index contributed by atoms with van der Waals surface area (Å²) in [5.41, 5.74) is 0. The molecule has 12 heavy (non-hydrogen) atoms. The van der Waals surface area contributed by atoms with E-state index in [1.54, 1.807) is 0 Å². The molecule has 0 bridgehead atoms. The summed E-state index contributed by atoms with van der Waals surface area (Å²) in [6.07, 6.45) is 0.235. The van der Waals surface area contributed by atoms with Crippen LogP contribution in [-0.2, 0) is 14.9 Å². The minimum absolute atomic E-state index is 0. The summed E-state index contributed by atoms with van der Waals surface area (Å²) in [4.78, 5) is 10.2. The second kappa shape index (κ2) is 7.08. The van der Waals surface area contributed by atoms with Gasteiger partial charge in [0.1, 0.15) is 0 Å². The quantitative estimate of drug-likeness (QED) is 0.344. The van der Waals surface area contributed by atoms with Crippen LogP contribution in [0.3, 0.4) is 0 Å². The minimum atomic E-state index is -3.87. The first-order valence-corrected chi connectivity index (χ1v) is 4.72. The molecule has 0 heterocycles. The third kappa shape index (κ3) is 13.2. The Labute approximate surface area is 102 Å². The van der Waals surface area contributed by atoms with Crippen molar-refractivity contribution in [3.63, 3.8) is 0 Å². The van der Waals surface area contributed by atoms with E-state index < -0.39 is 10.1 Å². The van der Waals surface area contributed by atoms with Gasteiger partial charge < -0.3 is 5.32 Å². The van der Waals surface area contributed by atoms with Crippen molar-refractivity contribution in [1.29, 1.82) is 0 Å². The van der Waals surface area contributed by atoms with Gasteiger partial charge in [0.2, 0.25) is 5.91 Å². The summed E-state index contributed by atoms with van der Waals surface area (Å²) in [7, 11) is -3.87. The average molecular weight is 223 g/mol. The molecular formula is C5H13CaNO4S. The van der Waals surface area contributed by atoms with Crippen LogP contribution in [0.4, 0.5) is 0 Å². The van der Waals surface area contributed by atoms with Gasteiger partial charge in [0.15, 0.2) is 0 Å². The van der Waals surface area contributed by atoms with Gasteiger partial charge in [-0.25, -0.2) is 0 Å². The van der Waals surface area contributed by atoms with Gasteiger partial charge in [0.25, 0.3) is 10.1 Å². The van der Waals surface area contributed by atoms with Crippen LogP contribution in [0.5, 0.6) is 0 Å². The maximum atomic E-state index is 10.2. The molecule has 2 N–H and O–H groups in total. The van der Waals surface area contributed by atoms with Crippen LogP contribution in [0.15, 0.2) is 0 Å². The molecule has 70 valence electrons. The number of rotatable bonds is 4. The van der Waals surface area contributed by atoms with Crippen molar-refractivity contribution >= 4 is 53.8 Å². The van der Waals surface area contributed by atoms with Gasteiger partial charge in [-0.1, -0.05) is 0 Å². The fourth-order valence-electron chi connectivity index (χ4n) is 0.519. The van der Waals surface area contributed by atoms with Crippen LogP contribution in [0, 0.1) is 0 Å². The molecule has 0 atom stereocenters. The molecule has 0 aliphatic carbocycles. The molecule has 0 aliphatic rings. The molecule has 0 unspecified atom stereocenters. The van der Waals surface area contributed by atoms with Crippen LogP contribution in [0.2, 0.25) is 0 Å². The molecule has 7 heteroatoms. The molecule has 0 radical (unpaired) electrons. The normalized spacial score (nSPS) is 10.2. The van der Waals surface area contributed by atoms with Crippen LogP contribution in [-0.4, -0.2) is 68.9 Å². The summed E-state index contributed by atoms with van der Waals surface area (Å²) in [5, 5.41) is 2.40. The van der Waals surface area contributed by atoms with Crippen molar-refractivity contribution in [3.8, 4) is 0 Å². The third-order valence-corrected chi connectivity index (χ3v) is 1.76. The molecule has 0 aromatic carbocycles. The number of hydrogen-bond acceptors (Lipinski definition) is 3. The molecule has 0 spiro atoms. The van der Waals surface area contributed by atoms with Gasteiger partial charge in [-0.15, -0.1) is 0 Å². The predicted octanol–water partition coefficient (Wildman–Crippen LogP) is -1.52. The second-order valence-electron chi connectivity index (χ2n) is 2.12. The molecule has 0 fully saturated rings. The molecule has 0 rings (SSSR count). The van der Waals surface area contributed by atoms with Crippen molar-refractivity contribution < 1.29 is 17.8 Å². The number of hydrogen-bond donors (Lipinski definition) is 2. The van der Waals surface area contributed by atoms with E-state index in [0.717, 1.165) is 0 Å². The summed E-state index contributed by atoms with van der Waals surface area (Å²) in [6, 6.07) is 0. The number of amides is 1. The van der Waals surface area contributed by atoms with Crippen LogP contribution < -0.4 is 5.32 Å². The van der Waals surface area contributed by atoms with E-state index in [2.05, 4.69) is 5.32 Å². The van der Waals surface area contributed by atoms with Crippen molar-refractivity contribution in [2.75, 3.05) is 12.3 Å². The number of carbonyl (C=O) groups excluding carboxylic acids is 1. The fourth-order valence-corrected chi connectivity index (χ4v) is 1.03. The Morgan fingerprint density at radius 2 is 2.00 bits per heavy atom. The second-order valence-corrected chi connectivity index (χ2v) is 3.69. The summed E-state index contributed by atoms with van der Waals surface area (Å²) < 4.78 is 28.5. The maximum absolute atomic E-state index is 10.2. The van der Waals surface area contributed by atoms with E-state index in [1.165, 1.54) is 6.92 Å². The summed E-state index contributed by atoms with van der Waals surface area (Å²) in [6.45, 7) is 1.61. The van der Waals surface area contributed by atoms with Gasteiger partial charge >= 0.3 is 37.7 Å².